The average molecular weight is 309 g/mol. The van der Waals surface area contributed by atoms with E-state index < -0.39 is 17.5 Å². The Bertz CT molecular complexity index is 413. The number of hydrogen-bond donors (Lipinski definition) is 1. The summed E-state index contributed by atoms with van der Waals surface area (Å²) < 4.78 is 40.8. The molecule has 0 unspecified atom stereocenters. The molecular formula is C14H20ClF3N2. The summed E-state index contributed by atoms with van der Waals surface area (Å²) in [7, 11) is 0. The van der Waals surface area contributed by atoms with Gasteiger partial charge in [0.15, 0.2) is 0 Å². The van der Waals surface area contributed by atoms with Crippen LogP contribution in [0, 0.1) is 17.5 Å². The maximum atomic E-state index is 13.9. The first-order valence-corrected chi connectivity index (χ1v) is 6.72. The van der Waals surface area contributed by atoms with Gasteiger partial charge in [0.05, 0.1) is 0 Å². The Kier molecular flexibility index (Phi) is 6.79. The lowest BCUT2D eigenvalue weighted by Crippen LogP contribution is -2.45. The maximum absolute atomic E-state index is 13.9. The highest BCUT2D eigenvalue weighted by molar-refractivity contribution is 5.85. The summed E-state index contributed by atoms with van der Waals surface area (Å²) in [5, 5.41) is 3.21. The molecule has 0 radical (unpaired) electrons. The molecule has 6 heteroatoms. The van der Waals surface area contributed by atoms with Gasteiger partial charge in [0.1, 0.15) is 17.5 Å². The van der Waals surface area contributed by atoms with Gasteiger partial charge in [-0.2, -0.15) is 0 Å². The molecule has 0 bridgehead atoms. The Labute approximate surface area is 123 Å². The number of halogens is 4. The second kappa shape index (κ2) is 7.86. The van der Waals surface area contributed by atoms with E-state index in [0.717, 1.165) is 44.7 Å². The predicted octanol–water partition coefficient (Wildman–Crippen LogP) is 3.27. The standard InChI is InChI=1S/C14H19F3N2.ClH/c1-2-3-13(19-6-4-18-5-7-19)14-11(16)8-10(15)9-12(14)17;/h8-9,13,18H,2-7H2,1H3;1H/t13-;/m0./s1. The Morgan fingerprint density at radius 1 is 1.15 bits per heavy atom. The van der Waals surface area contributed by atoms with Gasteiger partial charge >= 0.3 is 0 Å². The fraction of sp³-hybridized carbons (Fsp3) is 0.571. The number of nitrogens with one attached hydrogen (secondary N) is 1. The largest absolute Gasteiger partial charge is 0.314 e. The van der Waals surface area contributed by atoms with Crippen LogP contribution in [0.5, 0.6) is 0 Å². The quantitative estimate of drug-likeness (QED) is 0.918. The van der Waals surface area contributed by atoms with E-state index in [4.69, 9.17) is 0 Å². The number of piperazine rings is 1. The zero-order chi connectivity index (χ0) is 13.8. The van der Waals surface area contributed by atoms with Gasteiger partial charge < -0.3 is 5.32 Å². The maximum Gasteiger partial charge on any atom is 0.133 e. The lowest BCUT2D eigenvalue weighted by Gasteiger charge is -2.35. The SMILES string of the molecule is CCC[C@@H](c1c(F)cc(F)cc1F)N1CCNCC1.Cl. The van der Waals surface area contributed by atoms with Crippen molar-refractivity contribution in [3.63, 3.8) is 0 Å². The van der Waals surface area contributed by atoms with Crippen molar-refractivity contribution in [3.8, 4) is 0 Å². The summed E-state index contributed by atoms with van der Waals surface area (Å²) in [5.74, 6) is -2.43. The third-order valence-corrected chi connectivity index (χ3v) is 3.53. The molecule has 20 heavy (non-hydrogen) atoms. The van der Waals surface area contributed by atoms with Crippen molar-refractivity contribution in [3.05, 3.63) is 35.1 Å². The van der Waals surface area contributed by atoms with Gasteiger partial charge in [-0.15, -0.1) is 12.4 Å². The lowest BCUT2D eigenvalue weighted by molar-refractivity contribution is 0.158. The van der Waals surface area contributed by atoms with Crippen molar-refractivity contribution in [2.75, 3.05) is 26.2 Å². The molecule has 2 nitrogen and oxygen atoms in total. The summed E-state index contributed by atoms with van der Waals surface area (Å²) in [6.45, 7) is 5.10. The summed E-state index contributed by atoms with van der Waals surface area (Å²) in [6.07, 6.45) is 1.49. The van der Waals surface area contributed by atoms with E-state index >= 15 is 0 Å². The molecule has 1 heterocycles. The molecule has 0 saturated carbocycles. The molecule has 1 saturated heterocycles. The van der Waals surface area contributed by atoms with Crippen molar-refractivity contribution in [2.24, 2.45) is 0 Å². The van der Waals surface area contributed by atoms with Gasteiger partial charge in [-0.3, -0.25) is 4.90 Å². The van der Waals surface area contributed by atoms with Crippen LogP contribution >= 0.6 is 12.4 Å². The third-order valence-electron chi connectivity index (χ3n) is 3.53. The van der Waals surface area contributed by atoms with Gasteiger partial charge in [0, 0.05) is 49.9 Å². The average Bonchev–Trinajstić information content (AvgIpc) is 2.37. The Morgan fingerprint density at radius 3 is 2.20 bits per heavy atom. The van der Waals surface area contributed by atoms with Crippen LogP contribution in [0.2, 0.25) is 0 Å². The van der Waals surface area contributed by atoms with E-state index in [9.17, 15) is 13.2 Å². The minimum Gasteiger partial charge on any atom is -0.314 e. The van der Waals surface area contributed by atoms with Crippen LogP contribution in [0.4, 0.5) is 13.2 Å². The molecule has 0 aliphatic carbocycles. The zero-order valence-corrected chi connectivity index (χ0v) is 12.3. The van der Waals surface area contributed by atoms with E-state index in [1.54, 1.807) is 0 Å². The van der Waals surface area contributed by atoms with Gasteiger partial charge in [-0.25, -0.2) is 13.2 Å². The van der Waals surface area contributed by atoms with E-state index in [-0.39, 0.29) is 24.0 Å². The number of hydrogen-bond acceptors (Lipinski definition) is 2. The van der Waals surface area contributed by atoms with Crippen molar-refractivity contribution in [2.45, 2.75) is 25.8 Å². The van der Waals surface area contributed by atoms with Crippen molar-refractivity contribution in [1.29, 1.82) is 0 Å². The molecule has 0 spiro atoms. The molecule has 0 amide bonds. The van der Waals surface area contributed by atoms with Crippen molar-refractivity contribution >= 4 is 12.4 Å². The van der Waals surface area contributed by atoms with Crippen LogP contribution in [0.3, 0.4) is 0 Å². The number of rotatable bonds is 4. The summed E-state index contributed by atoms with van der Waals surface area (Å²) in [5.41, 5.74) is 0.00477. The Balaban J connectivity index is 0.00000200. The van der Waals surface area contributed by atoms with Crippen LogP contribution in [-0.4, -0.2) is 31.1 Å². The minimum atomic E-state index is -0.866. The molecule has 1 aromatic carbocycles. The lowest BCUT2D eigenvalue weighted by atomic mass is 9.98. The van der Waals surface area contributed by atoms with Crippen LogP contribution in [0.1, 0.15) is 31.4 Å². The first-order chi connectivity index (χ1) is 9.13. The van der Waals surface area contributed by atoms with Crippen LogP contribution in [-0.2, 0) is 0 Å². The molecule has 1 aliphatic heterocycles. The molecule has 1 fully saturated rings. The van der Waals surface area contributed by atoms with Crippen LogP contribution < -0.4 is 5.32 Å². The Hall–Kier alpha value is -0.780. The number of nitrogens with zero attached hydrogens (tertiary/aromatic N) is 1. The first kappa shape index (κ1) is 17.3. The van der Waals surface area contributed by atoms with Gasteiger partial charge in [-0.1, -0.05) is 13.3 Å². The zero-order valence-electron chi connectivity index (χ0n) is 11.5. The highest BCUT2D eigenvalue weighted by Crippen LogP contribution is 2.30. The summed E-state index contributed by atoms with van der Waals surface area (Å²) >= 11 is 0. The molecule has 2 rings (SSSR count). The van der Waals surface area contributed by atoms with Gasteiger partial charge in [0.25, 0.3) is 0 Å². The van der Waals surface area contributed by atoms with E-state index in [2.05, 4.69) is 10.2 Å². The minimum absolute atomic E-state index is 0. The predicted molar refractivity (Wildman–Crippen MR) is 75.7 cm³/mol. The fourth-order valence-electron chi connectivity index (χ4n) is 2.65. The van der Waals surface area contributed by atoms with Crippen LogP contribution in [0.15, 0.2) is 12.1 Å². The van der Waals surface area contributed by atoms with Crippen LogP contribution in [0.25, 0.3) is 0 Å². The highest BCUT2D eigenvalue weighted by atomic mass is 35.5. The van der Waals surface area contributed by atoms with E-state index in [0.29, 0.717) is 6.42 Å². The second-order valence-corrected chi connectivity index (χ2v) is 4.87. The van der Waals surface area contributed by atoms with Crippen molar-refractivity contribution < 1.29 is 13.2 Å². The summed E-state index contributed by atoms with van der Waals surface area (Å²) in [6, 6.07) is 1.22. The molecular weight excluding hydrogens is 289 g/mol. The topological polar surface area (TPSA) is 15.3 Å². The summed E-state index contributed by atoms with van der Waals surface area (Å²) in [4.78, 5) is 2.07. The van der Waals surface area contributed by atoms with Crippen molar-refractivity contribution in [1.82, 2.24) is 10.2 Å². The molecule has 1 aromatic rings. The normalized spacial score (nSPS) is 17.6. The smallest absolute Gasteiger partial charge is 0.133 e. The molecule has 1 atom stereocenters. The fourth-order valence-corrected chi connectivity index (χ4v) is 2.65. The van der Waals surface area contributed by atoms with Gasteiger partial charge in [0.2, 0.25) is 0 Å². The third kappa shape index (κ3) is 3.87. The molecule has 1 aliphatic rings. The second-order valence-electron chi connectivity index (χ2n) is 4.87. The Morgan fingerprint density at radius 2 is 1.70 bits per heavy atom. The highest BCUT2D eigenvalue weighted by Gasteiger charge is 2.27. The monoisotopic (exact) mass is 308 g/mol. The molecule has 1 N–H and O–H groups in total. The van der Waals surface area contributed by atoms with E-state index in [1.807, 2.05) is 6.92 Å². The molecule has 0 aromatic heterocycles. The van der Waals surface area contributed by atoms with E-state index in [1.165, 1.54) is 0 Å². The molecule has 114 valence electrons. The first-order valence-electron chi connectivity index (χ1n) is 6.72. The number of benzene rings is 1. The van der Waals surface area contributed by atoms with Gasteiger partial charge in [-0.05, 0) is 6.42 Å².